The summed E-state index contributed by atoms with van der Waals surface area (Å²) in [7, 11) is 3.98. The molecule has 1 aromatic carbocycles. The summed E-state index contributed by atoms with van der Waals surface area (Å²) in [6, 6.07) is 8.15. The molecular formula is C15H17Cl2N5O. The van der Waals surface area contributed by atoms with Gasteiger partial charge in [0.1, 0.15) is 5.82 Å². The lowest BCUT2D eigenvalue weighted by Gasteiger charge is -2.10. The quantitative estimate of drug-likeness (QED) is 0.835. The van der Waals surface area contributed by atoms with Crippen LogP contribution in [0.15, 0.2) is 30.3 Å². The molecule has 0 fully saturated rings. The fourth-order valence-corrected chi connectivity index (χ4v) is 2.19. The van der Waals surface area contributed by atoms with Crippen molar-refractivity contribution < 1.29 is 4.79 Å². The van der Waals surface area contributed by atoms with Crippen molar-refractivity contribution in [2.45, 2.75) is 0 Å². The van der Waals surface area contributed by atoms with Gasteiger partial charge in [-0.15, -0.1) is 10.2 Å². The van der Waals surface area contributed by atoms with Crippen LogP contribution in [0.1, 0.15) is 10.5 Å². The number of hydrogen-bond acceptors (Lipinski definition) is 5. The van der Waals surface area contributed by atoms with Crippen LogP contribution in [-0.4, -0.2) is 48.2 Å². The van der Waals surface area contributed by atoms with Crippen LogP contribution in [0.2, 0.25) is 10.0 Å². The third-order valence-corrected chi connectivity index (χ3v) is 3.49. The highest BCUT2D eigenvalue weighted by atomic mass is 35.5. The van der Waals surface area contributed by atoms with Gasteiger partial charge in [-0.3, -0.25) is 4.79 Å². The maximum atomic E-state index is 12.1. The number of nitrogens with one attached hydrogen (secondary N) is 2. The Bertz CT molecular complexity index is 676. The first kappa shape index (κ1) is 17.5. The standard InChI is InChI=1S/C15H17Cl2N5O/c1-22(2)8-7-18-14-6-5-13(20-21-14)15(23)19-12-4-3-10(16)9-11(12)17/h3-6,9H,7-8H2,1-2H3,(H,18,21)(H,19,23). The van der Waals surface area contributed by atoms with Gasteiger partial charge in [-0.1, -0.05) is 23.2 Å². The highest BCUT2D eigenvalue weighted by Gasteiger charge is 2.11. The number of carbonyl (C=O) groups excluding carboxylic acids is 1. The molecule has 1 aromatic heterocycles. The molecule has 0 saturated carbocycles. The minimum Gasteiger partial charge on any atom is -0.367 e. The fourth-order valence-electron chi connectivity index (χ4n) is 1.73. The van der Waals surface area contributed by atoms with Crippen molar-refractivity contribution in [1.82, 2.24) is 15.1 Å². The maximum absolute atomic E-state index is 12.1. The Morgan fingerprint density at radius 2 is 1.96 bits per heavy atom. The van der Waals surface area contributed by atoms with Crippen molar-refractivity contribution in [2.24, 2.45) is 0 Å². The Morgan fingerprint density at radius 1 is 1.17 bits per heavy atom. The molecule has 2 N–H and O–H groups in total. The molecule has 23 heavy (non-hydrogen) atoms. The third-order valence-electron chi connectivity index (χ3n) is 2.94. The Balaban J connectivity index is 1.97. The zero-order valence-electron chi connectivity index (χ0n) is 12.8. The second kappa shape index (κ2) is 8.10. The average Bonchev–Trinajstić information content (AvgIpc) is 2.50. The third kappa shape index (κ3) is 5.35. The molecule has 8 heteroatoms. The number of anilines is 2. The first-order valence-electron chi connectivity index (χ1n) is 6.94. The number of likely N-dealkylation sites (N-methyl/N-ethyl adjacent to an activating group) is 1. The van der Waals surface area contributed by atoms with E-state index in [0.29, 0.717) is 21.6 Å². The average molecular weight is 354 g/mol. The molecule has 1 amide bonds. The van der Waals surface area contributed by atoms with Crippen molar-refractivity contribution in [3.05, 3.63) is 46.1 Å². The van der Waals surface area contributed by atoms with E-state index in [9.17, 15) is 4.79 Å². The van der Waals surface area contributed by atoms with E-state index in [1.54, 1.807) is 30.3 Å². The number of halogens is 2. The molecular weight excluding hydrogens is 337 g/mol. The normalized spacial score (nSPS) is 10.7. The molecule has 0 saturated heterocycles. The van der Waals surface area contributed by atoms with E-state index in [0.717, 1.165) is 13.1 Å². The summed E-state index contributed by atoms with van der Waals surface area (Å²) in [6.07, 6.45) is 0. The molecule has 0 atom stereocenters. The van der Waals surface area contributed by atoms with Gasteiger partial charge in [-0.2, -0.15) is 0 Å². The van der Waals surface area contributed by atoms with Crippen LogP contribution in [0.5, 0.6) is 0 Å². The monoisotopic (exact) mass is 353 g/mol. The summed E-state index contributed by atoms with van der Waals surface area (Å²) in [6.45, 7) is 1.62. The highest BCUT2D eigenvalue weighted by Crippen LogP contribution is 2.25. The number of rotatable bonds is 6. The van der Waals surface area contributed by atoms with Crippen LogP contribution in [0.3, 0.4) is 0 Å². The number of nitrogens with zero attached hydrogens (tertiary/aromatic N) is 3. The molecule has 0 spiro atoms. The van der Waals surface area contributed by atoms with E-state index in [1.807, 2.05) is 14.1 Å². The molecule has 2 aromatic rings. The zero-order valence-corrected chi connectivity index (χ0v) is 14.3. The maximum Gasteiger partial charge on any atom is 0.276 e. The van der Waals surface area contributed by atoms with Crippen LogP contribution in [0.25, 0.3) is 0 Å². The van der Waals surface area contributed by atoms with Crippen molar-refractivity contribution >= 4 is 40.6 Å². The van der Waals surface area contributed by atoms with E-state index < -0.39 is 0 Å². The van der Waals surface area contributed by atoms with E-state index in [4.69, 9.17) is 23.2 Å². The molecule has 6 nitrogen and oxygen atoms in total. The summed E-state index contributed by atoms with van der Waals surface area (Å²) in [5.41, 5.74) is 0.672. The predicted molar refractivity (Wildman–Crippen MR) is 93.5 cm³/mol. The van der Waals surface area contributed by atoms with E-state index in [-0.39, 0.29) is 11.6 Å². The Labute approximate surface area is 144 Å². The van der Waals surface area contributed by atoms with Gasteiger partial charge < -0.3 is 15.5 Å². The first-order chi connectivity index (χ1) is 11.0. The lowest BCUT2D eigenvalue weighted by Crippen LogP contribution is -2.21. The molecule has 122 valence electrons. The molecule has 2 rings (SSSR count). The van der Waals surface area contributed by atoms with E-state index in [2.05, 4.69) is 25.7 Å². The summed E-state index contributed by atoms with van der Waals surface area (Å²) < 4.78 is 0. The predicted octanol–water partition coefficient (Wildman–Crippen LogP) is 3.01. The van der Waals surface area contributed by atoms with E-state index in [1.165, 1.54) is 0 Å². The minimum atomic E-state index is -0.387. The Kier molecular flexibility index (Phi) is 6.15. The highest BCUT2D eigenvalue weighted by molar-refractivity contribution is 6.36. The van der Waals surface area contributed by atoms with Gasteiger partial charge in [0.25, 0.3) is 5.91 Å². The Hall–Kier alpha value is -1.89. The molecule has 0 radical (unpaired) electrons. The minimum absolute atomic E-state index is 0.203. The van der Waals surface area contributed by atoms with Gasteiger partial charge >= 0.3 is 0 Å². The van der Waals surface area contributed by atoms with Crippen LogP contribution in [0, 0.1) is 0 Å². The summed E-state index contributed by atoms with van der Waals surface area (Å²) in [5, 5.41) is 14.6. The van der Waals surface area contributed by atoms with Gasteiger partial charge in [-0.25, -0.2) is 0 Å². The summed E-state index contributed by atoms with van der Waals surface area (Å²) in [4.78, 5) is 14.2. The van der Waals surface area contributed by atoms with Crippen molar-refractivity contribution in [2.75, 3.05) is 37.8 Å². The van der Waals surface area contributed by atoms with Gasteiger partial charge in [-0.05, 0) is 44.4 Å². The van der Waals surface area contributed by atoms with Crippen LogP contribution in [0.4, 0.5) is 11.5 Å². The lowest BCUT2D eigenvalue weighted by atomic mass is 10.3. The van der Waals surface area contributed by atoms with Gasteiger partial charge in [0, 0.05) is 18.1 Å². The van der Waals surface area contributed by atoms with Gasteiger partial charge in [0.15, 0.2) is 5.69 Å². The first-order valence-corrected chi connectivity index (χ1v) is 7.70. The fraction of sp³-hybridized carbons (Fsp3) is 0.267. The largest absolute Gasteiger partial charge is 0.367 e. The molecule has 0 aliphatic carbocycles. The van der Waals surface area contributed by atoms with Crippen LogP contribution < -0.4 is 10.6 Å². The number of hydrogen-bond donors (Lipinski definition) is 2. The SMILES string of the molecule is CN(C)CCNc1ccc(C(=O)Nc2ccc(Cl)cc2Cl)nn1. The van der Waals surface area contributed by atoms with Gasteiger partial charge in [0.2, 0.25) is 0 Å². The van der Waals surface area contributed by atoms with E-state index >= 15 is 0 Å². The zero-order chi connectivity index (χ0) is 16.8. The molecule has 0 aliphatic heterocycles. The lowest BCUT2D eigenvalue weighted by molar-refractivity contribution is 0.102. The van der Waals surface area contributed by atoms with Crippen molar-refractivity contribution in [3.8, 4) is 0 Å². The second-order valence-corrected chi connectivity index (χ2v) is 5.96. The summed E-state index contributed by atoms with van der Waals surface area (Å²) >= 11 is 11.8. The van der Waals surface area contributed by atoms with Crippen molar-refractivity contribution in [3.63, 3.8) is 0 Å². The molecule has 1 heterocycles. The molecule has 0 unspecified atom stereocenters. The molecule has 0 bridgehead atoms. The number of carbonyl (C=O) groups is 1. The van der Waals surface area contributed by atoms with Crippen LogP contribution >= 0.6 is 23.2 Å². The summed E-state index contributed by atoms with van der Waals surface area (Å²) in [5.74, 6) is 0.231. The number of amides is 1. The second-order valence-electron chi connectivity index (χ2n) is 5.11. The topological polar surface area (TPSA) is 70.2 Å². The number of benzene rings is 1. The number of aromatic nitrogens is 2. The molecule has 0 aliphatic rings. The van der Waals surface area contributed by atoms with Crippen LogP contribution in [-0.2, 0) is 0 Å². The Morgan fingerprint density at radius 3 is 2.57 bits per heavy atom. The van der Waals surface area contributed by atoms with Crippen molar-refractivity contribution in [1.29, 1.82) is 0 Å². The van der Waals surface area contributed by atoms with Gasteiger partial charge in [0.05, 0.1) is 10.7 Å². The smallest absolute Gasteiger partial charge is 0.276 e.